The Morgan fingerprint density at radius 1 is 1.07 bits per heavy atom. The van der Waals surface area contributed by atoms with E-state index in [1.165, 1.54) is 0 Å². The van der Waals surface area contributed by atoms with Crippen molar-refractivity contribution in [3.05, 3.63) is 41.9 Å². The zero-order valence-electron chi connectivity index (χ0n) is 18.3. The fourth-order valence-corrected chi connectivity index (χ4v) is 4.03. The molecule has 3 heterocycles. The van der Waals surface area contributed by atoms with Crippen LogP contribution in [0.4, 0.5) is 5.82 Å². The summed E-state index contributed by atoms with van der Waals surface area (Å²) in [5.74, 6) is 2.47. The lowest BCUT2D eigenvalue weighted by Crippen LogP contribution is -2.49. The molecular weight excluding hydrogens is 376 g/mol. The number of benzene rings is 1. The number of carbonyl (C=O) groups excluding carboxylic acids is 1. The Morgan fingerprint density at radius 3 is 2.40 bits per heavy atom. The Labute approximate surface area is 177 Å². The third kappa shape index (κ3) is 3.88. The number of hydrogen-bond donors (Lipinski definition) is 0. The number of para-hydroxylation sites is 1. The van der Waals surface area contributed by atoms with Gasteiger partial charge >= 0.3 is 0 Å². The Hall–Kier alpha value is -2.96. The van der Waals surface area contributed by atoms with E-state index in [0.717, 1.165) is 66.7 Å². The van der Waals surface area contributed by atoms with Gasteiger partial charge in [-0.25, -0.2) is 14.6 Å². The van der Waals surface area contributed by atoms with Crippen molar-refractivity contribution >= 4 is 22.8 Å². The number of aryl methyl sites for hydroxylation is 1. The van der Waals surface area contributed by atoms with Crippen LogP contribution in [0.3, 0.4) is 0 Å². The fourth-order valence-electron chi connectivity index (χ4n) is 4.03. The fraction of sp³-hybridized carbons (Fsp3) is 0.478. The molecule has 1 amide bonds. The summed E-state index contributed by atoms with van der Waals surface area (Å²) in [4.78, 5) is 26.2. The maximum atomic E-state index is 12.1. The van der Waals surface area contributed by atoms with Crippen molar-refractivity contribution in [1.29, 1.82) is 0 Å². The van der Waals surface area contributed by atoms with Crippen molar-refractivity contribution in [2.45, 2.75) is 40.5 Å². The Bertz CT molecular complexity index is 1030. The lowest BCUT2D eigenvalue weighted by molar-refractivity contribution is -0.131. The standard InChI is InChI=1S/C23H30N6O/c1-5-20(30)27-11-13-28(14-12-27)22-21-17(4)26-29(18-9-7-6-8-10-18)23(21)25-19(24-22)15-16(2)3/h6-10,16H,5,11-15H2,1-4H3. The second-order valence-electron chi connectivity index (χ2n) is 8.31. The average Bonchev–Trinajstić information content (AvgIpc) is 3.09. The minimum atomic E-state index is 0.219. The molecule has 0 atom stereocenters. The molecule has 0 saturated carbocycles. The first-order valence-electron chi connectivity index (χ1n) is 10.8. The first-order chi connectivity index (χ1) is 14.5. The van der Waals surface area contributed by atoms with Crippen molar-refractivity contribution in [3.8, 4) is 5.69 Å². The van der Waals surface area contributed by atoms with Crippen LogP contribution in [0.25, 0.3) is 16.7 Å². The molecule has 0 unspecified atom stereocenters. The lowest BCUT2D eigenvalue weighted by atomic mass is 10.1. The second-order valence-corrected chi connectivity index (χ2v) is 8.31. The molecule has 1 fully saturated rings. The molecule has 1 saturated heterocycles. The van der Waals surface area contributed by atoms with Crippen molar-refractivity contribution in [2.24, 2.45) is 5.92 Å². The lowest BCUT2D eigenvalue weighted by Gasteiger charge is -2.35. The van der Waals surface area contributed by atoms with E-state index in [1.807, 2.05) is 53.8 Å². The predicted octanol–water partition coefficient (Wildman–Crippen LogP) is 3.38. The van der Waals surface area contributed by atoms with Crippen molar-refractivity contribution in [2.75, 3.05) is 31.1 Å². The highest BCUT2D eigenvalue weighted by Crippen LogP contribution is 2.30. The molecular formula is C23H30N6O. The van der Waals surface area contributed by atoms with Gasteiger partial charge in [0.2, 0.25) is 5.91 Å². The first-order valence-corrected chi connectivity index (χ1v) is 10.8. The summed E-state index contributed by atoms with van der Waals surface area (Å²) < 4.78 is 1.93. The molecule has 0 N–H and O–H groups in total. The van der Waals surface area contributed by atoms with E-state index in [0.29, 0.717) is 12.3 Å². The molecule has 1 aliphatic heterocycles. The van der Waals surface area contributed by atoms with Crippen LogP contribution in [0.5, 0.6) is 0 Å². The summed E-state index contributed by atoms with van der Waals surface area (Å²) in [5, 5.41) is 5.82. The minimum Gasteiger partial charge on any atom is -0.352 e. The molecule has 158 valence electrons. The smallest absolute Gasteiger partial charge is 0.222 e. The molecule has 4 rings (SSSR count). The number of aromatic nitrogens is 4. The molecule has 7 heteroatoms. The SMILES string of the molecule is CCC(=O)N1CCN(c2nc(CC(C)C)nc3c2c(C)nn3-c2ccccc2)CC1. The largest absolute Gasteiger partial charge is 0.352 e. The third-order valence-corrected chi connectivity index (χ3v) is 5.56. The molecule has 30 heavy (non-hydrogen) atoms. The van der Waals surface area contributed by atoms with Crippen LogP contribution in [0, 0.1) is 12.8 Å². The molecule has 0 spiro atoms. The Balaban J connectivity index is 1.79. The molecule has 1 aromatic carbocycles. The highest BCUT2D eigenvalue weighted by atomic mass is 16.2. The van der Waals surface area contributed by atoms with Gasteiger partial charge in [-0.15, -0.1) is 0 Å². The predicted molar refractivity (Wildman–Crippen MR) is 119 cm³/mol. The third-order valence-electron chi connectivity index (χ3n) is 5.56. The first kappa shape index (κ1) is 20.3. The van der Waals surface area contributed by atoms with Gasteiger partial charge in [-0.3, -0.25) is 4.79 Å². The molecule has 3 aromatic rings. The van der Waals surface area contributed by atoms with E-state index in [4.69, 9.17) is 15.1 Å². The molecule has 0 radical (unpaired) electrons. The summed E-state index contributed by atoms with van der Waals surface area (Å²) in [5.41, 5.74) is 2.77. The van der Waals surface area contributed by atoms with Gasteiger partial charge in [0.15, 0.2) is 5.65 Å². The van der Waals surface area contributed by atoms with Crippen LogP contribution in [-0.2, 0) is 11.2 Å². The zero-order valence-corrected chi connectivity index (χ0v) is 18.3. The van der Waals surface area contributed by atoms with Crippen molar-refractivity contribution < 1.29 is 4.79 Å². The highest BCUT2D eigenvalue weighted by Gasteiger charge is 2.26. The van der Waals surface area contributed by atoms with E-state index in [9.17, 15) is 4.79 Å². The zero-order chi connectivity index (χ0) is 21.3. The van der Waals surface area contributed by atoms with Crippen LogP contribution < -0.4 is 4.90 Å². The van der Waals surface area contributed by atoms with Gasteiger partial charge in [0.25, 0.3) is 0 Å². The van der Waals surface area contributed by atoms with Gasteiger partial charge in [0, 0.05) is 39.0 Å². The van der Waals surface area contributed by atoms with Crippen LogP contribution >= 0.6 is 0 Å². The number of anilines is 1. The number of amides is 1. The second kappa shape index (κ2) is 8.42. The van der Waals surface area contributed by atoms with E-state index in [-0.39, 0.29) is 5.91 Å². The van der Waals surface area contributed by atoms with Crippen LogP contribution in [0.1, 0.15) is 38.7 Å². The average molecular weight is 407 g/mol. The topological polar surface area (TPSA) is 67.2 Å². The number of nitrogens with zero attached hydrogens (tertiary/aromatic N) is 6. The summed E-state index contributed by atoms with van der Waals surface area (Å²) in [6, 6.07) is 10.1. The highest BCUT2D eigenvalue weighted by molar-refractivity contribution is 5.91. The summed E-state index contributed by atoms with van der Waals surface area (Å²) in [6.07, 6.45) is 1.37. The molecule has 0 aliphatic carbocycles. The van der Waals surface area contributed by atoms with Gasteiger partial charge < -0.3 is 9.80 Å². The van der Waals surface area contributed by atoms with E-state index in [2.05, 4.69) is 18.7 Å². The van der Waals surface area contributed by atoms with Crippen molar-refractivity contribution in [1.82, 2.24) is 24.6 Å². The maximum Gasteiger partial charge on any atom is 0.222 e. The van der Waals surface area contributed by atoms with E-state index in [1.54, 1.807) is 0 Å². The Morgan fingerprint density at radius 2 is 1.77 bits per heavy atom. The van der Waals surface area contributed by atoms with Gasteiger partial charge in [-0.05, 0) is 25.0 Å². The summed E-state index contributed by atoms with van der Waals surface area (Å²) >= 11 is 0. The van der Waals surface area contributed by atoms with Crippen LogP contribution in [0.2, 0.25) is 0 Å². The molecule has 1 aliphatic rings. The molecule has 2 aromatic heterocycles. The normalized spacial score (nSPS) is 14.7. The number of carbonyl (C=O) groups is 1. The van der Waals surface area contributed by atoms with Gasteiger partial charge in [0.05, 0.1) is 16.8 Å². The quantitative estimate of drug-likeness (QED) is 0.650. The van der Waals surface area contributed by atoms with E-state index >= 15 is 0 Å². The maximum absolute atomic E-state index is 12.1. The minimum absolute atomic E-state index is 0.219. The number of rotatable bonds is 5. The van der Waals surface area contributed by atoms with Gasteiger partial charge in [0.1, 0.15) is 11.6 Å². The van der Waals surface area contributed by atoms with Gasteiger partial charge in [-0.2, -0.15) is 5.10 Å². The van der Waals surface area contributed by atoms with Crippen molar-refractivity contribution in [3.63, 3.8) is 0 Å². The number of hydrogen-bond acceptors (Lipinski definition) is 5. The number of piperazine rings is 1. The van der Waals surface area contributed by atoms with Crippen LogP contribution in [0.15, 0.2) is 30.3 Å². The molecule has 0 bridgehead atoms. The Kier molecular flexibility index (Phi) is 5.70. The van der Waals surface area contributed by atoms with Gasteiger partial charge in [-0.1, -0.05) is 39.0 Å². The number of fused-ring (bicyclic) bond motifs is 1. The van der Waals surface area contributed by atoms with E-state index < -0.39 is 0 Å². The molecule has 7 nitrogen and oxygen atoms in total. The summed E-state index contributed by atoms with van der Waals surface area (Å²) in [7, 11) is 0. The monoisotopic (exact) mass is 406 g/mol. The summed E-state index contributed by atoms with van der Waals surface area (Å²) in [6.45, 7) is 11.3. The van der Waals surface area contributed by atoms with Crippen LogP contribution in [-0.4, -0.2) is 56.7 Å².